The van der Waals surface area contributed by atoms with E-state index in [1.165, 1.54) is 13.1 Å². The van der Waals surface area contributed by atoms with Gasteiger partial charge in [0.1, 0.15) is 5.82 Å². The quantitative estimate of drug-likeness (QED) is 0.644. The maximum Gasteiger partial charge on any atom is 0.253 e. The van der Waals surface area contributed by atoms with E-state index >= 15 is 0 Å². The minimum atomic E-state index is -0.784. The van der Waals surface area contributed by atoms with Crippen molar-refractivity contribution in [3.8, 4) is 0 Å². The Hall–Kier alpha value is -1.45. The van der Waals surface area contributed by atoms with Gasteiger partial charge in [-0.05, 0) is 13.0 Å². The summed E-state index contributed by atoms with van der Waals surface area (Å²) < 4.78 is 12.8. The van der Waals surface area contributed by atoms with Crippen LogP contribution < -0.4 is 5.73 Å². The smallest absolute Gasteiger partial charge is 0.253 e. The Labute approximate surface area is 63.0 Å². The molecule has 0 unspecified atom stereocenters. The first kappa shape index (κ1) is 7.65. The highest BCUT2D eigenvalue weighted by Gasteiger charge is 2.10. The van der Waals surface area contributed by atoms with Gasteiger partial charge >= 0.3 is 0 Å². The number of pyridine rings is 1. The molecule has 11 heavy (non-hydrogen) atoms. The number of hydrogen-bond donors (Lipinski definition) is 1. The summed E-state index contributed by atoms with van der Waals surface area (Å²) in [7, 11) is 0. The lowest BCUT2D eigenvalue weighted by molar-refractivity contribution is 0.0995. The Bertz CT molecular complexity index is 278. The number of amides is 1. The van der Waals surface area contributed by atoms with Crippen molar-refractivity contribution in [3.05, 3.63) is 29.3 Å². The zero-order chi connectivity index (χ0) is 8.43. The standard InChI is InChI=1S/C7H7FN2O/c1-4-6(7(9)11)5(8)2-3-10-4/h2-3H,1H3,(H2,9,11). The molecule has 0 aromatic carbocycles. The van der Waals surface area contributed by atoms with Crippen LogP contribution in [0.1, 0.15) is 16.1 Å². The van der Waals surface area contributed by atoms with Gasteiger partial charge in [-0.15, -0.1) is 0 Å². The van der Waals surface area contributed by atoms with E-state index in [2.05, 4.69) is 4.98 Å². The van der Waals surface area contributed by atoms with E-state index in [4.69, 9.17) is 5.73 Å². The number of rotatable bonds is 1. The molecule has 0 aliphatic carbocycles. The number of nitrogens with two attached hydrogens (primary N) is 1. The minimum Gasteiger partial charge on any atom is -0.365 e. The van der Waals surface area contributed by atoms with Crippen LogP contribution in [0.3, 0.4) is 0 Å². The number of hydrogen-bond acceptors (Lipinski definition) is 2. The lowest BCUT2D eigenvalue weighted by Gasteiger charge is -1.99. The molecule has 0 spiro atoms. The van der Waals surface area contributed by atoms with Crippen molar-refractivity contribution in [1.82, 2.24) is 4.98 Å². The Kier molecular flexibility index (Phi) is 1.85. The summed E-state index contributed by atoms with van der Waals surface area (Å²) >= 11 is 0. The van der Waals surface area contributed by atoms with E-state index in [9.17, 15) is 9.18 Å². The van der Waals surface area contributed by atoms with Crippen LogP contribution >= 0.6 is 0 Å². The molecule has 1 rings (SSSR count). The second kappa shape index (κ2) is 2.65. The monoisotopic (exact) mass is 154 g/mol. The van der Waals surface area contributed by atoms with Crippen LogP contribution in [0.15, 0.2) is 12.3 Å². The first-order valence-electron chi connectivity index (χ1n) is 3.04. The lowest BCUT2D eigenvalue weighted by atomic mass is 10.2. The first-order valence-corrected chi connectivity index (χ1v) is 3.04. The van der Waals surface area contributed by atoms with Gasteiger partial charge in [-0.3, -0.25) is 9.78 Å². The molecule has 2 N–H and O–H groups in total. The van der Waals surface area contributed by atoms with Crippen molar-refractivity contribution >= 4 is 5.91 Å². The summed E-state index contributed by atoms with van der Waals surface area (Å²) in [5.74, 6) is -1.40. The van der Waals surface area contributed by atoms with Gasteiger partial charge < -0.3 is 5.73 Å². The summed E-state index contributed by atoms with van der Waals surface area (Å²) in [6, 6.07) is 1.10. The minimum absolute atomic E-state index is 0.132. The van der Waals surface area contributed by atoms with E-state index < -0.39 is 11.7 Å². The predicted octanol–water partition coefficient (Wildman–Crippen LogP) is 0.628. The largest absolute Gasteiger partial charge is 0.365 e. The first-order chi connectivity index (χ1) is 5.13. The zero-order valence-corrected chi connectivity index (χ0v) is 5.97. The molecule has 0 aliphatic rings. The van der Waals surface area contributed by atoms with Crippen LogP contribution in [0.2, 0.25) is 0 Å². The van der Waals surface area contributed by atoms with E-state index in [-0.39, 0.29) is 5.56 Å². The predicted molar refractivity (Wildman–Crippen MR) is 37.4 cm³/mol. The van der Waals surface area contributed by atoms with E-state index in [0.717, 1.165) is 6.07 Å². The fourth-order valence-electron chi connectivity index (χ4n) is 0.831. The van der Waals surface area contributed by atoms with Crippen molar-refractivity contribution in [2.75, 3.05) is 0 Å². The third-order valence-electron chi connectivity index (χ3n) is 1.34. The Morgan fingerprint density at radius 3 is 2.73 bits per heavy atom. The molecule has 0 aliphatic heterocycles. The number of halogens is 1. The number of primary amides is 1. The fourth-order valence-corrected chi connectivity index (χ4v) is 0.831. The Morgan fingerprint density at radius 2 is 2.36 bits per heavy atom. The van der Waals surface area contributed by atoms with Crippen LogP contribution in [-0.2, 0) is 0 Å². The molecule has 58 valence electrons. The topological polar surface area (TPSA) is 56.0 Å². The van der Waals surface area contributed by atoms with Crippen LogP contribution in [0.4, 0.5) is 4.39 Å². The number of carbonyl (C=O) groups excluding carboxylic acids is 1. The second-order valence-electron chi connectivity index (χ2n) is 2.12. The number of nitrogens with zero attached hydrogens (tertiary/aromatic N) is 1. The molecule has 1 amide bonds. The van der Waals surface area contributed by atoms with Crippen molar-refractivity contribution in [3.63, 3.8) is 0 Å². The Morgan fingerprint density at radius 1 is 1.73 bits per heavy atom. The lowest BCUT2D eigenvalue weighted by Crippen LogP contribution is -2.15. The fraction of sp³-hybridized carbons (Fsp3) is 0.143. The Balaban J connectivity index is 3.32. The van der Waals surface area contributed by atoms with Gasteiger partial charge in [0.05, 0.1) is 11.3 Å². The van der Waals surface area contributed by atoms with Gasteiger partial charge in [0.15, 0.2) is 0 Å². The third kappa shape index (κ3) is 1.34. The molecule has 0 saturated heterocycles. The normalized spacial score (nSPS) is 9.64. The van der Waals surface area contributed by atoms with E-state index in [1.54, 1.807) is 0 Å². The molecule has 1 heterocycles. The summed E-state index contributed by atoms with van der Waals surface area (Å²) in [5, 5.41) is 0. The highest BCUT2D eigenvalue weighted by molar-refractivity contribution is 5.93. The molecule has 0 atom stereocenters. The zero-order valence-electron chi connectivity index (χ0n) is 5.97. The summed E-state index contributed by atoms with van der Waals surface area (Å²) in [6.07, 6.45) is 1.29. The van der Waals surface area contributed by atoms with Crippen molar-refractivity contribution < 1.29 is 9.18 Å². The maximum absolute atomic E-state index is 12.8. The molecule has 1 aromatic heterocycles. The average Bonchev–Trinajstić information content (AvgIpc) is 1.85. The van der Waals surface area contributed by atoms with Crippen LogP contribution in [0.5, 0.6) is 0 Å². The van der Waals surface area contributed by atoms with Gasteiger partial charge in [-0.1, -0.05) is 0 Å². The molecule has 3 nitrogen and oxygen atoms in total. The third-order valence-corrected chi connectivity index (χ3v) is 1.34. The van der Waals surface area contributed by atoms with Gasteiger partial charge in [0.2, 0.25) is 0 Å². The van der Waals surface area contributed by atoms with Crippen LogP contribution in [0, 0.1) is 12.7 Å². The van der Waals surface area contributed by atoms with Gasteiger partial charge in [0, 0.05) is 6.20 Å². The van der Waals surface area contributed by atoms with Gasteiger partial charge in [0.25, 0.3) is 5.91 Å². The second-order valence-corrected chi connectivity index (χ2v) is 2.12. The molecule has 0 bridgehead atoms. The van der Waals surface area contributed by atoms with Crippen molar-refractivity contribution in [2.45, 2.75) is 6.92 Å². The highest BCUT2D eigenvalue weighted by atomic mass is 19.1. The number of aromatic nitrogens is 1. The van der Waals surface area contributed by atoms with Gasteiger partial charge in [-0.2, -0.15) is 0 Å². The molecule has 0 radical (unpaired) electrons. The number of aryl methyl sites for hydroxylation is 1. The SMILES string of the molecule is Cc1nccc(F)c1C(N)=O. The van der Waals surface area contributed by atoms with Crippen LogP contribution in [-0.4, -0.2) is 10.9 Å². The maximum atomic E-state index is 12.8. The van der Waals surface area contributed by atoms with Crippen molar-refractivity contribution in [2.24, 2.45) is 5.73 Å². The molecule has 1 aromatic rings. The van der Waals surface area contributed by atoms with Gasteiger partial charge in [-0.25, -0.2) is 4.39 Å². The van der Waals surface area contributed by atoms with Crippen LogP contribution in [0.25, 0.3) is 0 Å². The summed E-state index contributed by atoms with van der Waals surface area (Å²) in [6.45, 7) is 1.53. The molecule has 0 saturated carbocycles. The van der Waals surface area contributed by atoms with Crippen molar-refractivity contribution in [1.29, 1.82) is 0 Å². The summed E-state index contributed by atoms with van der Waals surface area (Å²) in [5.41, 5.74) is 5.08. The molecule has 0 fully saturated rings. The number of carbonyl (C=O) groups is 1. The molecular formula is C7H7FN2O. The molecule has 4 heteroatoms. The average molecular weight is 154 g/mol. The highest BCUT2D eigenvalue weighted by Crippen LogP contribution is 2.07. The summed E-state index contributed by atoms with van der Waals surface area (Å²) in [4.78, 5) is 14.3. The van der Waals surface area contributed by atoms with E-state index in [0.29, 0.717) is 5.69 Å². The van der Waals surface area contributed by atoms with E-state index in [1.807, 2.05) is 0 Å². The molecular weight excluding hydrogens is 147 g/mol.